The molecule has 0 saturated heterocycles. The van der Waals surface area contributed by atoms with Crippen LogP contribution in [0.2, 0.25) is 0 Å². The molecule has 0 aromatic rings. The predicted molar refractivity (Wildman–Crippen MR) is 72.3 cm³/mol. The third-order valence-corrected chi connectivity index (χ3v) is 3.66. The molecule has 1 fully saturated rings. The van der Waals surface area contributed by atoms with Crippen molar-refractivity contribution in [2.45, 2.75) is 58.7 Å². The summed E-state index contributed by atoms with van der Waals surface area (Å²) < 4.78 is 38.0. The van der Waals surface area contributed by atoms with Gasteiger partial charge in [-0.3, -0.25) is 4.79 Å². The molecular formula is C14H25F3N2O. The quantitative estimate of drug-likeness (QED) is 0.783. The number of alkyl halides is 3. The Labute approximate surface area is 118 Å². The lowest BCUT2D eigenvalue weighted by Gasteiger charge is -2.31. The average Bonchev–Trinajstić information content (AvgIpc) is 2.32. The Morgan fingerprint density at radius 1 is 1.15 bits per heavy atom. The van der Waals surface area contributed by atoms with Gasteiger partial charge in [-0.25, -0.2) is 0 Å². The van der Waals surface area contributed by atoms with E-state index < -0.39 is 17.5 Å². The fourth-order valence-corrected chi connectivity index (χ4v) is 2.39. The molecule has 2 N–H and O–H groups in total. The highest BCUT2D eigenvalue weighted by Crippen LogP contribution is 2.37. The third kappa shape index (κ3) is 5.69. The minimum absolute atomic E-state index is 0.0453. The van der Waals surface area contributed by atoms with Gasteiger partial charge in [-0.15, -0.1) is 0 Å². The van der Waals surface area contributed by atoms with Crippen LogP contribution in [0.5, 0.6) is 0 Å². The summed E-state index contributed by atoms with van der Waals surface area (Å²) in [5.74, 6) is -1.23. The van der Waals surface area contributed by atoms with Crippen molar-refractivity contribution < 1.29 is 18.0 Å². The van der Waals surface area contributed by atoms with E-state index >= 15 is 0 Å². The number of carbonyl (C=O) groups is 1. The van der Waals surface area contributed by atoms with E-state index in [0.717, 1.165) is 6.42 Å². The fraction of sp³-hybridized carbons (Fsp3) is 0.929. The van der Waals surface area contributed by atoms with Crippen LogP contribution in [0.4, 0.5) is 13.2 Å². The molecule has 0 aromatic heterocycles. The summed E-state index contributed by atoms with van der Waals surface area (Å²) >= 11 is 0. The molecule has 3 nitrogen and oxygen atoms in total. The first-order valence-corrected chi connectivity index (χ1v) is 7.19. The third-order valence-electron chi connectivity index (χ3n) is 3.66. The van der Waals surface area contributed by atoms with Gasteiger partial charge in [0.2, 0.25) is 5.91 Å². The molecule has 6 heteroatoms. The largest absolute Gasteiger partial charge is 0.391 e. The zero-order valence-electron chi connectivity index (χ0n) is 12.4. The lowest BCUT2D eigenvalue weighted by molar-refractivity contribution is -0.183. The molecule has 0 heterocycles. The van der Waals surface area contributed by atoms with Crippen molar-refractivity contribution in [2.75, 3.05) is 13.1 Å². The van der Waals surface area contributed by atoms with Gasteiger partial charge in [-0.2, -0.15) is 13.2 Å². The molecule has 1 rings (SSSR count). The molecule has 20 heavy (non-hydrogen) atoms. The van der Waals surface area contributed by atoms with Crippen molar-refractivity contribution in [2.24, 2.45) is 11.3 Å². The molecule has 2 atom stereocenters. The predicted octanol–water partition coefficient (Wildman–Crippen LogP) is 2.86. The van der Waals surface area contributed by atoms with E-state index in [1.54, 1.807) is 0 Å². The van der Waals surface area contributed by atoms with Crippen LogP contribution < -0.4 is 10.6 Å². The molecule has 0 spiro atoms. The van der Waals surface area contributed by atoms with Gasteiger partial charge >= 0.3 is 6.18 Å². The summed E-state index contributed by atoms with van der Waals surface area (Å²) in [6, 6.07) is -0.0955. The number of rotatable bonds is 4. The molecule has 0 aliphatic heterocycles. The van der Waals surface area contributed by atoms with E-state index in [-0.39, 0.29) is 24.8 Å². The van der Waals surface area contributed by atoms with Crippen LogP contribution >= 0.6 is 0 Å². The van der Waals surface area contributed by atoms with Gasteiger partial charge in [0.1, 0.15) is 0 Å². The summed E-state index contributed by atoms with van der Waals surface area (Å²) in [7, 11) is 0. The second-order valence-electron chi connectivity index (χ2n) is 6.56. The number of hydrogen-bond donors (Lipinski definition) is 2. The van der Waals surface area contributed by atoms with Crippen LogP contribution in [0.25, 0.3) is 0 Å². The molecule has 0 unspecified atom stereocenters. The van der Waals surface area contributed by atoms with Crippen LogP contribution in [0.3, 0.4) is 0 Å². The zero-order valence-corrected chi connectivity index (χ0v) is 12.4. The standard InChI is InChI=1S/C14H25F3N2O/c1-13(2,3)12(20)19-8-7-18-11-6-4-5-10(9-11)14(15,16)17/h10-11,18H,4-9H2,1-3H3,(H,19,20)/t10-,11-/m1/s1. The lowest BCUT2D eigenvalue weighted by Crippen LogP contribution is -2.43. The van der Waals surface area contributed by atoms with Crippen LogP contribution in [0.1, 0.15) is 46.5 Å². The highest BCUT2D eigenvalue weighted by Gasteiger charge is 2.41. The smallest absolute Gasteiger partial charge is 0.354 e. The normalized spacial score (nSPS) is 24.5. The van der Waals surface area contributed by atoms with Gasteiger partial charge in [0, 0.05) is 24.5 Å². The fourth-order valence-electron chi connectivity index (χ4n) is 2.39. The van der Waals surface area contributed by atoms with Crippen LogP contribution in [-0.2, 0) is 4.79 Å². The van der Waals surface area contributed by atoms with Crippen molar-refractivity contribution in [3.8, 4) is 0 Å². The Balaban J connectivity index is 2.24. The lowest BCUT2D eigenvalue weighted by atomic mass is 9.85. The maximum atomic E-state index is 12.7. The Hall–Kier alpha value is -0.780. The molecule has 0 aromatic carbocycles. The van der Waals surface area contributed by atoms with Crippen molar-refractivity contribution in [1.29, 1.82) is 0 Å². The number of nitrogens with one attached hydrogen (secondary N) is 2. The average molecular weight is 294 g/mol. The first-order chi connectivity index (χ1) is 9.10. The summed E-state index contributed by atoms with van der Waals surface area (Å²) in [6.07, 6.45) is -2.31. The van der Waals surface area contributed by atoms with Crippen LogP contribution in [0.15, 0.2) is 0 Å². The van der Waals surface area contributed by atoms with Gasteiger partial charge in [0.15, 0.2) is 0 Å². The van der Waals surface area contributed by atoms with Gasteiger partial charge in [0.05, 0.1) is 5.92 Å². The molecule has 0 radical (unpaired) electrons. The van der Waals surface area contributed by atoms with E-state index in [9.17, 15) is 18.0 Å². The maximum Gasteiger partial charge on any atom is 0.391 e. The van der Waals surface area contributed by atoms with Gasteiger partial charge < -0.3 is 10.6 Å². The minimum Gasteiger partial charge on any atom is -0.354 e. The van der Waals surface area contributed by atoms with E-state index in [1.165, 1.54) is 0 Å². The second-order valence-corrected chi connectivity index (χ2v) is 6.56. The summed E-state index contributed by atoms with van der Waals surface area (Å²) in [4.78, 5) is 11.6. The molecule has 118 valence electrons. The molecule has 1 aliphatic carbocycles. The van der Waals surface area contributed by atoms with Crippen molar-refractivity contribution in [1.82, 2.24) is 10.6 Å². The Morgan fingerprint density at radius 3 is 2.35 bits per heavy atom. The van der Waals surface area contributed by atoms with Gasteiger partial charge in [-0.05, 0) is 19.3 Å². The molecule has 0 bridgehead atoms. The zero-order chi connectivity index (χ0) is 15.4. The number of amides is 1. The molecule has 1 aliphatic rings. The number of carbonyl (C=O) groups excluding carboxylic acids is 1. The molecule has 1 saturated carbocycles. The highest BCUT2D eigenvalue weighted by molar-refractivity contribution is 5.81. The minimum atomic E-state index is -4.08. The first-order valence-electron chi connectivity index (χ1n) is 7.19. The van der Waals surface area contributed by atoms with E-state index in [0.29, 0.717) is 19.5 Å². The topological polar surface area (TPSA) is 41.1 Å². The highest BCUT2D eigenvalue weighted by atomic mass is 19.4. The van der Waals surface area contributed by atoms with Gasteiger partial charge in [0.25, 0.3) is 0 Å². The van der Waals surface area contributed by atoms with Crippen molar-refractivity contribution >= 4 is 5.91 Å². The van der Waals surface area contributed by atoms with Crippen LogP contribution in [-0.4, -0.2) is 31.2 Å². The Kier molecular flexibility index (Phi) is 5.86. The van der Waals surface area contributed by atoms with Crippen molar-refractivity contribution in [3.05, 3.63) is 0 Å². The summed E-state index contributed by atoms with van der Waals surface area (Å²) in [5, 5.41) is 5.90. The summed E-state index contributed by atoms with van der Waals surface area (Å²) in [6.45, 7) is 6.43. The number of hydrogen-bond acceptors (Lipinski definition) is 2. The van der Waals surface area contributed by atoms with Gasteiger partial charge in [-0.1, -0.05) is 27.2 Å². The first kappa shape index (κ1) is 17.3. The van der Waals surface area contributed by atoms with Crippen LogP contribution in [0, 0.1) is 11.3 Å². The molecular weight excluding hydrogens is 269 g/mol. The van der Waals surface area contributed by atoms with E-state index in [1.807, 2.05) is 20.8 Å². The maximum absolute atomic E-state index is 12.7. The number of halogens is 3. The van der Waals surface area contributed by atoms with E-state index in [4.69, 9.17) is 0 Å². The summed E-state index contributed by atoms with van der Waals surface area (Å²) in [5.41, 5.74) is -0.438. The SMILES string of the molecule is CC(C)(C)C(=O)NCCN[C@@H]1CCC[C@@H](C(F)(F)F)C1. The Morgan fingerprint density at radius 2 is 1.80 bits per heavy atom. The van der Waals surface area contributed by atoms with Crippen molar-refractivity contribution in [3.63, 3.8) is 0 Å². The Bertz CT molecular complexity index is 323. The van der Waals surface area contributed by atoms with E-state index in [2.05, 4.69) is 10.6 Å². The molecule has 1 amide bonds. The second kappa shape index (κ2) is 6.78. The monoisotopic (exact) mass is 294 g/mol.